The summed E-state index contributed by atoms with van der Waals surface area (Å²) in [7, 11) is 1.68. The number of carboxylic acid groups (broad SMARTS) is 1. The summed E-state index contributed by atoms with van der Waals surface area (Å²) in [4.78, 5) is 10.8. The Morgan fingerprint density at radius 2 is 2.40 bits per heavy atom. The van der Waals surface area contributed by atoms with E-state index in [1.807, 2.05) is 6.07 Å². The molecule has 1 aromatic carbocycles. The van der Waals surface area contributed by atoms with Crippen LogP contribution in [-0.2, 0) is 11.2 Å². The first-order valence-electron chi connectivity index (χ1n) is 5.07. The molecule has 1 N–H and O–H groups in total. The Kier molecular flexibility index (Phi) is 2.73. The molecule has 0 spiro atoms. The van der Waals surface area contributed by atoms with Gasteiger partial charge in [0.05, 0.1) is 12.2 Å². The van der Waals surface area contributed by atoms with Gasteiger partial charge in [-0.15, -0.1) is 0 Å². The fourth-order valence-electron chi connectivity index (χ4n) is 2.20. The molecule has 0 aromatic heterocycles. The van der Waals surface area contributed by atoms with Gasteiger partial charge >= 0.3 is 5.97 Å². The fraction of sp³-hybridized carbons (Fsp3) is 0.417. The predicted octanol–water partition coefficient (Wildman–Crippen LogP) is 2.06. The van der Waals surface area contributed by atoms with Crippen LogP contribution in [0.15, 0.2) is 18.2 Å². The molecule has 0 heterocycles. The first-order valence-corrected chi connectivity index (χ1v) is 5.07. The molecule has 0 bridgehead atoms. The van der Waals surface area contributed by atoms with Crippen LogP contribution < -0.4 is 0 Å². The van der Waals surface area contributed by atoms with Gasteiger partial charge in [0.1, 0.15) is 0 Å². The minimum Gasteiger partial charge on any atom is -0.478 e. The second-order valence-corrected chi connectivity index (χ2v) is 3.91. The third-order valence-corrected chi connectivity index (χ3v) is 2.96. The Morgan fingerprint density at radius 1 is 1.60 bits per heavy atom. The van der Waals surface area contributed by atoms with E-state index >= 15 is 0 Å². The average molecular weight is 206 g/mol. The molecule has 1 aromatic rings. The smallest absolute Gasteiger partial charge is 0.335 e. The van der Waals surface area contributed by atoms with Crippen molar-refractivity contribution in [2.24, 2.45) is 0 Å². The van der Waals surface area contributed by atoms with Gasteiger partial charge < -0.3 is 9.84 Å². The molecule has 0 aliphatic heterocycles. The van der Waals surface area contributed by atoms with Gasteiger partial charge in [-0.3, -0.25) is 0 Å². The number of fused-ring (bicyclic) bond motifs is 1. The van der Waals surface area contributed by atoms with Crippen molar-refractivity contribution in [1.82, 2.24) is 0 Å². The Balaban J connectivity index is 2.33. The standard InChI is InChI=1S/C12H14O3/c1-15-7-10-5-3-8-2-4-9(12(13)14)6-11(8)10/h2,4,6,10H,3,5,7H2,1H3,(H,13,14). The lowest BCUT2D eigenvalue weighted by molar-refractivity contribution is 0.0696. The summed E-state index contributed by atoms with van der Waals surface area (Å²) in [6.45, 7) is 0.677. The highest BCUT2D eigenvalue weighted by Gasteiger charge is 2.23. The molecular weight excluding hydrogens is 192 g/mol. The number of benzene rings is 1. The molecule has 0 radical (unpaired) electrons. The van der Waals surface area contributed by atoms with Crippen molar-refractivity contribution in [3.63, 3.8) is 0 Å². The first-order chi connectivity index (χ1) is 7.22. The number of aromatic carboxylic acids is 1. The Labute approximate surface area is 88.7 Å². The summed E-state index contributed by atoms with van der Waals surface area (Å²) in [5.74, 6) is -0.495. The van der Waals surface area contributed by atoms with Gasteiger partial charge in [-0.2, -0.15) is 0 Å². The normalized spacial score (nSPS) is 18.9. The molecule has 0 fully saturated rings. The summed E-state index contributed by atoms with van der Waals surface area (Å²) in [5, 5.41) is 8.90. The Morgan fingerprint density at radius 3 is 3.07 bits per heavy atom. The third-order valence-electron chi connectivity index (χ3n) is 2.96. The predicted molar refractivity (Wildman–Crippen MR) is 56.3 cm³/mol. The quantitative estimate of drug-likeness (QED) is 0.823. The van der Waals surface area contributed by atoms with Gasteiger partial charge in [0.15, 0.2) is 0 Å². The van der Waals surface area contributed by atoms with Crippen molar-refractivity contribution in [3.8, 4) is 0 Å². The summed E-state index contributed by atoms with van der Waals surface area (Å²) >= 11 is 0. The van der Waals surface area contributed by atoms with E-state index in [1.54, 1.807) is 19.2 Å². The molecule has 1 atom stereocenters. The second-order valence-electron chi connectivity index (χ2n) is 3.91. The van der Waals surface area contributed by atoms with Gasteiger partial charge in [-0.25, -0.2) is 4.79 Å². The number of carboxylic acids is 1. The maximum absolute atomic E-state index is 10.8. The maximum atomic E-state index is 10.8. The molecular formula is C12H14O3. The Bertz CT molecular complexity index is 382. The second kappa shape index (κ2) is 4.03. The summed E-state index contributed by atoms with van der Waals surface area (Å²) in [5.41, 5.74) is 2.79. The third kappa shape index (κ3) is 1.88. The van der Waals surface area contributed by atoms with Crippen LogP contribution in [0.2, 0.25) is 0 Å². The first kappa shape index (κ1) is 10.2. The van der Waals surface area contributed by atoms with Gasteiger partial charge in [0.25, 0.3) is 0 Å². The minimum absolute atomic E-state index is 0.365. The van der Waals surface area contributed by atoms with Crippen LogP contribution >= 0.6 is 0 Å². The average Bonchev–Trinajstić information content (AvgIpc) is 2.61. The van der Waals surface area contributed by atoms with Crippen molar-refractivity contribution >= 4 is 5.97 Å². The molecule has 2 rings (SSSR count). The van der Waals surface area contributed by atoms with E-state index in [0.717, 1.165) is 18.4 Å². The number of ether oxygens (including phenoxy) is 1. The van der Waals surface area contributed by atoms with Crippen molar-refractivity contribution < 1.29 is 14.6 Å². The van der Waals surface area contributed by atoms with Crippen molar-refractivity contribution in [3.05, 3.63) is 34.9 Å². The SMILES string of the molecule is COCC1CCc2ccc(C(=O)O)cc21. The highest BCUT2D eigenvalue weighted by Crippen LogP contribution is 2.33. The van der Waals surface area contributed by atoms with Crippen LogP contribution in [0.4, 0.5) is 0 Å². The minimum atomic E-state index is -0.860. The zero-order valence-electron chi connectivity index (χ0n) is 8.69. The van der Waals surface area contributed by atoms with Crippen LogP contribution in [0.3, 0.4) is 0 Å². The zero-order chi connectivity index (χ0) is 10.8. The van der Waals surface area contributed by atoms with E-state index in [9.17, 15) is 4.79 Å². The lowest BCUT2D eigenvalue weighted by atomic mass is 10.00. The van der Waals surface area contributed by atoms with Gasteiger partial charge in [0, 0.05) is 13.0 Å². The molecule has 0 saturated carbocycles. The van der Waals surface area contributed by atoms with E-state index in [2.05, 4.69) is 0 Å². The van der Waals surface area contributed by atoms with E-state index in [-0.39, 0.29) is 0 Å². The number of carbonyl (C=O) groups is 1. The molecule has 1 aliphatic carbocycles. The molecule has 80 valence electrons. The topological polar surface area (TPSA) is 46.5 Å². The molecule has 3 heteroatoms. The van der Waals surface area contributed by atoms with E-state index < -0.39 is 5.97 Å². The molecule has 1 unspecified atom stereocenters. The fourth-order valence-corrected chi connectivity index (χ4v) is 2.20. The van der Waals surface area contributed by atoms with Gasteiger partial charge in [-0.1, -0.05) is 6.07 Å². The van der Waals surface area contributed by atoms with Crippen LogP contribution in [0.25, 0.3) is 0 Å². The largest absolute Gasteiger partial charge is 0.478 e. The molecule has 0 amide bonds. The molecule has 15 heavy (non-hydrogen) atoms. The van der Waals surface area contributed by atoms with Gasteiger partial charge in [0.2, 0.25) is 0 Å². The monoisotopic (exact) mass is 206 g/mol. The molecule has 0 saturated heterocycles. The number of rotatable bonds is 3. The van der Waals surface area contributed by atoms with E-state index in [4.69, 9.17) is 9.84 Å². The lowest BCUT2D eigenvalue weighted by Gasteiger charge is -2.10. The van der Waals surface area contributed by atoms with Crippen LogP contribution in [0, 0.1) is 0 Å². The highest BCUT2D eigenvalue weighted by molar-refractivity contribution is 5.88. The number of hydrogen-bond acceptors (Lipinski definition) is 2. The van der Waals surface area contributed by atoms with E-state index in [1.165, 1.54) is 5.56 Å². The summed E-state index contributed by atoms with van der Waals surface area (Å²) in [6.07, 6.45) is 2.09. The summed E-state index contributed by atoms with van der Waals surface area (Å²) in [6, 6.07) is 5.39. The molecule has 3 nitrogen and oxygen atoms in total. The maximum Gasteiger partial charge on any atom is 0.335 e. The number of aryl methyl sites for hydroxylation is 1. The van der Waals surface area contributed by atoms with Gasteiger partial charge in [-0.05, 0) is 36.1 Å². The highest BCUT2D eigenvalue weighted by atomic mass is 16.5. The number of hydrogen-bond donors (Lipinski definition) is 1. The molecule has 1 aliphatic rings. The van der Waals surface area contributed by atoms with Crippen molar-refractivity contribution in [2.45, 2.75) is 18.8 Å². The van der Waals surface area contributed by atoms with Crippen molar-refractivity contribution in [2.75, 3.05) is 13.7 Å². The Hall–Kier alpha value is -1.35. The summed E-state index contributed by atoms with van der Waals surface area (Å²) < 4.78 is 5.14. The van der Waals surface area contributed by atoms with Crippen LogP contribution in [0.5, 0.6) is 0 Å². The zero-order valence-corrected chi connectivity index (χ0v) is 8.69. The van der Waals surface area contributed by atoms with Crippen LogP contribution in [0.1, 0.15) is 33.8 Å². The van der Waals surface area contributed by atoms with Crippen molar-refractivity contribution in [1.29, 1.82) is 0 Å². The van der Waals surface area contributed by atoms with E-state index in [0.29, 0.717) is 18.1 Å². The van der Waals surface area contributed by atoms with Crippen LogP contribution in [-0.4, -0.2) is 24.8 Å². The lowest BCUT2D eigenvalue weighted by Crippen LogP contribution is -2.04. The number of methoxy groups -OCH3 is 1.